The molecular formula is C10H26O3Si4. The van der Waals surface area contributed by atoms with Crippen molar-refractivity contribution >= 4 is 35.2 Å². The number of hydrogen-bond acceptors (Lipinski definition) is 3. The maximum atomic E-state index is 6.10. The van der Waals surface area contributed by atoms with Crippen LogP contribution in [0.25, 0.3) is 0 Å². The molecule has 0 radical (unpaired) electrons. The van der Waals surface area contributed by atoms with E-state index < -0.39 is 35.2 Å². The third kappa shape index (κ3) is 8.03. The highest BCUT2D eigenvalue weighted by molar-refractivity contribution is 6.86. The molecule has 7 heteroatoms. The van der Waals surface area contributed by atoms with Crippen LogP contribution in [0.2, 0.25) is 39.3 Å². The van der Waals surface area contributed by atoms with Crippen molar-refractivity contribution in [3.05, 3.63) is 24.6 Å². The van der Waals surface area contributed by atoms with Crippen molar-refractivity contribution in [2.75, 3.05) is 0 Å². The van der Waals surface area contributed by atoms with Crippen LogP contribution < -0.4 is 0 Å². The van der Waals surface area contributed by atoms with Gasteiger partial charge in [-0.05, 0) is 39.3 Å². The molecule has 0 heterocycles. The molecule has 0 unspecified atom stereocenters. The largest absolute Gasteiger partial charge is 0.437 e. The average Bonchev–Trinajstić information content (AvgIpc) is 2.15. The van der Waals surface area contributed by atoms with Gasteiger partial charge in [0, 0.05) is 0 Å². The molecule has 0 aliphatic carbocycles. The summed E-state index contributed by atoms with van der Waals surface area (Å²) >= 11 is 0. The van der Waals surface area contributed by atoms with Crippen molar-refractivity contribution in [3.8, 4) is 0 Å². The van der Waals surface area contributed by atoms with Gasteiger partial charge in [-0.3, -0.25) is 0 Å². The van der Waals surface area contributed by atoms with E-state index in [1.165, 1.54) is 0 Å². The Labute approximate surface area is 111 Å². The van der Waals surface area contributed by atoms with Crippen LogP contribution in [0.15, 0.2) is 24.6 Å². The molecule has 0 aromatic rings. The highest BCUT2D eigenvalue weighted by atomic mass is 28.5. The SMILES string of the molecule is C=C[Si](C)(C)O[SiH2]O[Si](C)(C)O[Si](C)(C)C=C. The zero-order valence-corrected chi connectivity index (χ0v) is 16.4. The molecule has 0 saturated carbocycles. The van der Waals surface area contributed by atoms with E-state index in [2.05, 4.69) is 52.4 Å². The van der Waals surface area contributed by atoms with Crippen LogP contribution in [-0.2, 0) is 12.3 Å². The zero-order chi connectivity index (χ0) is 13.7. The molecule has 3 nitrogen and oxygen atoms in total. The van der Waals surface area contributed by atoms with E-state index in [0.29, 0.717) is 0 Å². The van der Waals surface area contributed by atoms with Crippen molar-refractivity contribution in [3.63, 3.8) is 0 Å². The predicted molar refractivity (Wildman–Crippen MR) is 84.6 cm³/mol. The lowest BCUT2D eigenvalue weighted by Gasteiger charge is -2.32. The second kappa shape index (κ2) is 6.41. The molecule has 0 aromatic heterocycles. The average molecular weight is 307 g/mol. The monoisotopic (exact) mass is 306 g/mol. The summed E-state index contributed by atoms with van der Waals surface area (Å²) in [7, 11) is -6.47. The highest BCUT2D eigenvalue weighted by Gasteiger charge is 2.33. The summed E-state index contributed by atoms with van der Waals surface area (Å²) in [5.41, 5.74) is 3.87. The fraction of sp³-hybridized carbons (Fsp3) is 0.600. The topological polar surface area (TPSA) is 27.7 Å². The quantitative estimate of drug-likeness (QED) is 0.645. The van der Waals surface area contributed by atoms with E-state index >= 15 is 0 Å². The molecule has 0 aliphatic rings. The summed E-state index contributed by atoms with van der Waals surface area (Å²) in [5.74, 6) is 0. The van der Waals surface area contributed by atoms with Gasteiger partial charge in [-0.15, -0.1) is 13.2 Å². The molecule has 0 saturated heterocycles. The molecule has 17 heavy (non-hydrogen) atoms. The van der Waals surface area contributed by atoms with Crippen molar-refractivity contribution < 1.29 is 12.3 Å². The van der Waals surface area contributed by atoms with Crippen LogP contribution in [0, 0.1) is 0 Å². The number of hydrogen-bond donors (Lipinski definition) is 0. The van der Waals surface area contributed by atoms with Gasteiger partial charge < -0.3 is 12.3 Å². The van der Waals surface area contributed by atoms with Gasteiger partial charge >= 0.3 is 8.56 Å². The maximum absolute atomic E-state index is 6.10. The van der Waals surface area contributed by atoms with Crippen LogP contribution >= 0.6 is 0 Å². The summed E-state index contributed by atoms with van der Waals surface area (Å²) < 4.78 is 17.9. The van der Waals surface area contributed by atoms with Crippen molar-refractivity contribution in [1.29, 1.82) is 0 Å². The lowest BCUT2D eigenvalue weighted by molar-refractivity contribution is 0.371. The number of rotatable bonds is 8. The highest BCUT2D eigenvalue weighted by Crippen LogP contribution is 2.16. The van der Waals surface area contributed by atoms with E-state index in [-0.39, 0.29) is 0 Å². The first-order chi connectivity index (χ1) is 7.54. The fourth-order valence-electron chi connectivity index (χ4n) is 1.09. The van der Waals surface area contributed by atoms with E-state index in [9.17, 15) is 0 Å². The van der Waals surface area contributed by atoms with Crippen LogP contribution in [0.5, 0.6) is 0 Å². The van der Waals surface area contributed by atoms with Gasteiger partial charge in [-0.1, -0.05) is 11.4 Å². The predicted octanol–water partition coefficient (Wildman–Crippen LogP) is 2.60. The maximum Gasteiger partial charge on any atom is 0.312 e. The molecule has 0 aromatic carbocycles. The summed E-state index contributed by atoms with van der Waals surface area (Å²) in [5, 5.41) is 0. The van der Waals surface area contributed by atoms with Gasteiger partial charge in [0.15, 0.2) is 16.6 Å². The first-order valence-corrected chi connectivity index (χ1v) is 15.7. The van der Waals surface area contributed by atoms with Crippen molar-refractivity contribution in [1.82, 2.24) is 0 Å². The van der Waals surface area contributed by atoms with Crippen LogP contribution in [-0.4, -0.2) is 35.2 Å². The van der Waals surface area contributed by atoms with Gasteiger partial charge in [0.1, 0.15) is 0 Å². The summed E-state index contributed by atoms with van der Waals surface area (Å²) in [6, 6.07) is 0. The smallest absolute Gasteiger partial charge is 0.312 e. The third-order valence-electron chi connectivity index (χ3n) is 2.33. The van der Waals surface area contributed by atoms with Gasteiger partial charge in [0.2, 0.25) is 0 Å². The van der Waals surface area contributed by atoms with Crippen LogP contribution in [0.3, 0.4) is 0 Å². The Kier molecular flexibility index (Phi) is 6.50. The Balaban J connectivity index is 4.19. The molecule has 0 fully saturated rings. The second-order valence-corrected chi connectivity index (χ2v) is 18.9. The first kappa shape index (κ1) is 17.2. The lowest BCUT2D eigenvalue weighted by atomic mass is 11.3. The Morgan fingerprint density at radius 1 is 0.824 bits per heavy atom. The summed E-state index contributed by atoms with van der Waals surface area (Å²) in [4.78, 5) is 0. The Bertz CT molecular complexity index is 277. The second-order valence-electron chi connectivity index (χ2n) is 5.52. The summed E-state index contributed by atoms with van der Waals surface area (Å²) in [6.45, 7) is 20.3. The van der Waals surface area contributed by atoms with Crippen LogP contribution in [0.1, 0.15) is 0 Å². The van der Waals surface area contributed by atoms with E-state index in [1.807, 2.05) is 11.4 Å². The molecule has 0 amide bonds. The van der Waals surface area contributed by atoms with Gasteiger partial charge in [-0.25, -0.2) is 0 Å². The lowest BCUT2D eigenvalue weighted by Crippen LogP contribution is -2.47. The molecule has 0 N–H and O–H groups in total. The minimum Gasteiger partial charge on any atom is -0.437 e. The first-order valence-electron chi connectivity index (χ1n) is 5.79. The molecular weight excluding hydrogens is 280 g/mol. The van der Waals surface area contributed by atoms with E-state index in [4.69, 9.17) is 12.3 Å². The normalized spacial score (nSPS) is 14.2. The standard InChI is InChI=1S/C10H26O3Si4/c1-9-15(3,4)11-14-12-17(7,8)13-16(5,6)10-2/h9-10H,1-2,14H2,3-8H3. The molecule has 0 atom stereocenters. The molecule has 0 aliphatic heterocycles. The fourth-order valence-corrected chi connectivity index (χ4v) is 10.8. The molecule has 0 bridgehead atoms. The molecule has 0 spiro atoms. The summed E-state index contributed by atoms with van der Waals surface area (Å²) in [6.07, 6.45) is 0. The van der Waals surface area contributed by atoms with Gasteiger partial charge in [-0.2, -0.15) is 0 Å². The molecule has 0 rings (SSSR count). The molecule has 100 valence electrons. The zero-order valence-electron chi connectivity index (χ0n) is 12.0. The Morgan fingerprint density at radius 3 is 1.71 bits per heavy atom. The van der Waals surface area contributed by atoms with E-state index in [0.717, 1.165) is 0 Å². The van der Waals surface area contributed by atoms with Gasteiger partial charge in [0.25, 0.3) is 10.0 Å². The minimum atomic E-state index is -2.06. The Morgan fingerprint density at radius 2 is 1.29 bits per heavy atom. The third-order valence-corrected chi connectivity index (χ3v) is 15.1. The van der Waals surface area contributed by atoms with Crippen molar-refractivity contribution in [2.45, 2.75) is 39.3 Å². The van der Waals surface area contributed by atoms with Gasteiger partial charge in [0.05, 0.1) is 0 Å². The minimum absolute atomic E-state index is 0.969. The van der Waals surface area contributed by atoms with Crippen molar-refractivity contribution in [2.24, 2.45) is 0 Å². The van der Waals surface area contributed by atoms with E-state index in [1.54, 1.807) is 0 Å². The van der Waals surface area contributed by atoms with Crippen LogP contribution in [0.4, 0.5) is 0 Å². The Hall–Kier alpha value is 0.228.